The Hall–Kier alpha value is -1.95. The molecule has 1 amide bonds. The number of thioether (sulfide) groups is 1. The molecule has 1 atom stereocenters. The molecule has 6 heteroatoms. The summed E-state index contributed by atoms with van der Waals surface area (Å²) in [6.07, 6.45) is 4.77. The molecule has 0 bridgehead atoms. The van der Waals surface area contributed by atoms with Crippen LogP contribution in [-0.2, 0) is 17.9 Å². The number of carbonyl (C=O) groups is 1. The first kappa shape index (κ1) is 17.4. The van der Waals surface area contributed by atoms with Gasteiger partial charge in [0.1, 0.15) is 5.75 Å². The summed E-state index contributed by atoms with van der Waals surface area (Å²) in [5.41, 5.74) is 1.05. The molecule has 0 aliphatic heterocycles. The third-order valence-electron chi connectivity index (χ3n) is 3.42. The zero-order chi connectivity index (χ0) is 16.7. The maximum atomic E-state index is 12.2. The Labute approximate surface area is 141 Å². The highest BCUT2D eigenvalue weighted by Crippen LogP contribution is 2.22. The van der Waals surface area contributed by atoms with E-state index in [1.807, 2.05) is 37.4 Å². The highest BCUT2D eigenvalue weighted by atomic mass is 32.2. The molecule has 124 valence electrons. The van der Waals surface area contributed by atoms with Crippen molar-refractivity contribution in [3.05, 3.63) is 42.2 Å². The van der Waals surface area contributed by atoms with Crippen LogP contribution in [0.4, 0.5) is 0 Å². The smallest absolute Gasteiger partial charge is 0.233 e. The number of aryl methyl sites for hydroxylation is 1. The van der Waals surface area contributed by atoms with E-state index >= 15 is 0 Å². The minimum absolute atomic E-state index is 0.0110. The van der Waals surface area contributed by atoms with Crippen LogP contribution >= 0.6 is 11.8 Å². The molecule has 0 saturated heterocycles. The summed E-state index contributed by atoms with van der Waals surface area (Å²) in [4.78, 5) is 16.6. The van der Waals surface area contributed by atoms with E-state index in [2.05, 4.69) is 21.8 Å². The summed E-state index contributed by atoms with van der Waals surface area (Å²) >= 11 is 1.49. The largest absolute Gasteiger partial charge is 0.497 e. The average molecular weight is 333 g/mol. The number of ether oxygens (including phenoxy) is 1. The zero-order valence-corrected chi connectivity index (χ0v) is 14.6. The van der Waals surface area contributed by atoms with Crippen LogP contribution in [0.5, 0.6) is 5.75 Å². The molecule has 0 radical (unpaired) electrons. The number of aromatic nitrogens is 2. The zero-order valence-electron chi connectivity index (χ0n) is 13.8. The van der Waals surface area contributed by atoms with Crippen molar-refractivity contribution in [2.75, 3.05) is 7.11 Å². The van der Waals surface area contributed by atoms with Gasteiger partial charge in [0.25, 0.3) is 0 Å². The number of benzene rings is 1. The van der Waals surface area contributed by atoms with Crippen molar-refractivity contribution in [1.29, 1.82) is 0 Å². The Balaban J connectivity index is 1.85. The van der Waals surface area contributed by atoms with Crippen molar-refractivity contribution in [2.24, 2.45) is 0 Å². The molecule has 2 aromatic rings. The SMILES string of the molecule is CCCn1ccnc1SC(C)C(=O)NCc1ccc(OC)cc1. The van der Waals surface area contributed by atoms with Crippen molar-refractivity contribution in [3.63, 3.8) is 0 Å². The Morgan fingerprint density at radius 1 is 1.39 bits per heavy atom. The Kier molecular flexibility index (Phi) is 6.52. The highest BCUT2D eigenvalue weighted by Gasteiger charge is 2.16. The van der Waals surface area contributed by atoms with E-state index < -0.39 is 0 Å². The molecule has 1 aromatic heterocycles. The van der Waals surface area contributed by atoms with Gasteiger partial charge in [0, 0.05) is 25.5 Å². The molecule has 0 spiro atoms. The summed E-state index contributed by atoms with van der Waals surface area (Å²) < 4.78 is 7.20. The molecule has 0 saturated carbocycles. The molecule has 1 aromatic carbocycles. The molecule has 23 heavy (non-hydrogen) atoms. The molecule has 1 N–H and O–H groups in total. The number of hydrogen-bond donors (Lipinski definition) is 1. The predicted octanol–water partition coefficient (Wildman–Crippen LogP) is 3.10. The number of carbonyl (C=O) groups excluding carboxylic acids is 1. The van der Waals surface area contributed by atoms with Crippen LogP contribution in [0.1, 0.15) is 25.8 Å². The number of imidazole rings is 1. The van der Waals surface area contributed by atoms with Crippen LogP contribution in [-0.4, -0.2) is 27.8 Å². The van der Waals surface area contributed by atoms with Gasteiger partial charge in [-0.2, -0.15) is 0 Å². The third kappa shape index (κ3) is 5.03. The molecule has 2 rings (SSSR count). The quantitative estimate of drug-likeness (QED) is 0.754. The van der Waals surface area contributed by atoms with E-state index in [0.29, 0.717) is 6.54 Å². The van der Waals surface area contributed by atoms with E-state index in [4.69, 9.17) is 4.74 Å². The Morgan fingerprint density at radius 2 is 2.13 bits per heavy atom. The van der Waals surface area contributed by atoms with Crippen LogP contribution < -0.4 is 10.1 Å². The van der Waals surface area contributed by atoms with Crippen LogP contribution in [0.3, 0.4) is 0 Å². The number of nitrogens with zero attached hydrogens (tertiary/aromatic N) is 2. The molecule has 1 unspecified atom stereocenters. The normalized spacial score (nSPS) is 12.0. The van der Waals surface area contributed by atoms with E-state index in [0.717, 1.165) is 29.4 Å². The number of nitrogens with one attached hydrogen (secondary N) is 1. The van der Waals surface area contributed by atoms with Crippen molar-refractivity contribution < 1.29 is 9.53 Å². The van der Waals surface area contributed by atoms with Crippen LogP contribution in [0.25, 0.3) is 0 Å². The molecule has 5 nitrogen and oxygen atoms in total. The molecule has 0 aliphatic rings. The molecule has 0 aliphatic carbocycles. The highest BCUT2D eigenvalue weighted by molar-refractivity contribution is 8.00. The number of rotatable bonds is 8. The molecular weight excluding hydrogens is 310 g/mol. The number of methoxy groups -OCH3 is 1. The van der Waals surface area contributed by atoms with Gasteiger partial charge < -0.3 is 14.6 Å². The maximum Gasteiger partial charge on any atom is 0.233 e. The summed E-state index contributed by atoms with van der Waals surface area (Å²) in [7, 11) is 1.64. The lowest BCUT2D eigenvalue weighted by Crippen LogP contribution is -2.30. The van der Waals surface area contributed by atoms with Crippen LogP contribution in [0, 0.1) is 0 Å². The van der Waals surface area contributed by atoms with Gasteiger partial charge in [-0.05, 0) is 31.0 Å². The van der Waals surface area contributed by atoms with Gasteiger partial charge in [0.15, 0.2) is 5.16 Å². The Morgan fingerprint density at radius 3 is 2.78 bits per heavy atom. The van der Waals surface area contributed by atoms with E-state index in [1.54, 1.807) is 13.3 Å². The lowest BCUT2D eigenvalue weighted by Gasteiger charge is -2.13. The predicted molar refractivity (Wildman–Crippen MR) is 92.7 cm³/mol. The van der Waals surface area contributed by atoms with Gasteiger partial charge in [-0.1, -0.05) is 30.8 Å². The van der Waals surface area contributed by atoms with Gasteiger partial charge in [0.05, 0.1) is 12.4 Å². The minimum atomic E-state index is -0.189. The second-order valence-corrected chi connectivity index (χ2v) is 6.54. The van der Waals surface area contributed by atoms with Crippen LogP contribution in [0.15, 0.2) is 41.8 Å². The monoisotopic (exact) mass is 333 g/mol. The molecule has 1 heterocycles. The topological polar surface area (TPSA) is 56.2 Å². The van der Waals surface area contributed by atoms with Crippen molar-refractivity contribution in [3.8, 4) is 5.75 Å². The molecule has 0 fully saturated rings. The second-order valence-electron chi connectivity index (χ2n) is 5.23. The fourth-order valence-electron chi connectivity index (χ4n) is 2.11. The van der Waals surface area contributed by atoms with Crippen LogP contribution in [0.2, 0.25) is 0 Å². The van der Waals surface area contributed by atoms with Crippen molar-refractivity contribution in [1.82, 2.24) is 14.9 Å². The third-order valence-corrected chi connectivity index (χ3v) is 4.54. The molecular formula is C17H23N3O2S. The van der Waals surface area contributed by atoms with Gasteiger partial charge in [-0.15, -0.1) is 0 Å². The number of amides is 1. The first-order chi connectivity index (χ1) is 11.1. The van der Waals surface area contributed by atoms with Gasteiger partial charge in [0.2, 0.25) is 5.91 Å². The van der Waals surface area contributed by atoms with E-state index in [-0.39, 0.29) is 11.2 Å². The summed E-state index contributed by atoms with van der Waals surface area (Å²) in [6.45, 7) is 5.46. The summed E-state index contributed by atoms with van der Waals surface area (Å²) in [5.74, 6) is 0.823. The second kappa shape index (κ2) is 8.62. The van der Waals surface area contributed by atoms with E-state index in [1.165, 1.54) is 11.8 Å². The van der Waals surface area contributed by atoms with Gasteiger partial charge in [-0.3, -0.25) is 4.79 Å². The fraction of sp³-hybridized carbons (Fsp3) is 0.412. The lowest BCUT2D eigenvalue weighted by atomic mass is 10.2. The van der Waals surface area contributed by atoms with Crippen molar-refractivity contribution in [2.45, 2.75) is 43.8 Å². The average Bonchev–Trinajstić information content (AvgIpc) is 3.00. The minimum Gasteiger partial charge on any atom is -0.497 e. The fourth-order valence-corrected chi connectivity index (χ4v) is 3.03. The van der Waals surface area contributed by atoms with Crippen molar-refractivity contribution >= 4 is 17.7 Å². The first-order valence-electron chi connectivity index (χ1n) is 7.72. The Bertz CT molecular complexity index is 625. The summed E-state index contributed by atoms with van der Waals surface area (Å²) in [6, 6.07) is 7.68. The summed E-state index contributed by atoms with van der Waals surface area (Å²) in [5, 5.41) is 3.66. The van der Waals surface area contributed by atoms with Gasteiger partial charge >= 0.3 is 0 Å². The standard InChI is InChI=1S/C17H23N3O2S/c1-4-10-20-11-9-18-17(20)23-13(2)16(21)19-12-14-5-7-15(22-3)8-6-14/h5-9,11,13H,4,10,12H2,1-3H3,(H,19,21). The first-order valence-corrected chi connectivity index (χ1v) is 8.60. The lowest BCUT2D eigenvalue weighted by molar-refractivity contribution is -0.120. The maximum absolute atomic E-state index is 12.2. The number of hydrogen-bond acceptors (Lipinski definition) is 4. The van der Waals surface area contributed by atoms with E-state index in [9.17, 15) is 4.79 Å². The van der Waals surface area contributed by atoms with Gasteiger partial charge in [-0.25, -0.2) is 4.98 Å².